The monoisotopic (exact) mass is 196 g/mol. The highest BCUT2D eigenvalue weighted by atomic mass is 16.5. The maximum atomic E-state index is 8.93. The zero-order valence-corrected chi connectivity index (χ0v) is 9.20. The minimum absolute atomic E-state index is 0.124. The number of likely N-dealkylation sites (tertiary alicyclic amines) is 1. The molecule has 1 rings (SSSR count). The molecule has 1 heterocycles. The SMILES string of the molecule is CCC(C#N)N1CCC(COC)CC1. The fourth-order valence-corrected chi connectivity index (χ4v) is 2.10. The summed E-state index contributed by atoms with van der Waals surface area (Å²) in [6.45, 7) is 5.06. The van der Waals surface area contributed by atoms with Gasteiger partial charge in [0.2, 0.25) is 0 Å². The zero-order valence-electron chi connectivity index (χ0n) is 9.20. The van der Waals surface area contributed by atoms with Gasteiger partial charge in [-0.25, -0.2) is 0 Å². The Bertz CT molecular complexity index is 192. The Labute approximate surface area is 86.6 Å². The maximum absolute atomic E-state index is 8.93. The molecular formula is C11H20N2O. The van der Waals surface area contributed by atoms with Gasteiger partial charge in [-0.15, -0.1) is 0 Å². The summed E-state index contributed by atoms with van der Waals surface area (Å²) < 4.78 is 5.15. The van der Waals surface area contributed by atoms with Crippen LogP contribution in [0.3, 0.4) is 0 Å². The molecule has 80 valence electrons. The van der Waals surface area contributed by atoms with Gasteiger partial charge >= 0.3 is 0 Å². The standard InChI is InChI=1S/C11H20N2O/c1-3-11(8-12)13-6-4-10(5-7-13)9-14-2/h10-11H,3-7,9H2,1-2H3. The van der Waals surface area contributed by atoms with E-state index in [9.17, 15) is 0 Å². The predicted octanol–water partition coefficient (Wildman–Crippen LogP) is 1.65. The van der Waals surface area contributed by atoms with E-state index in [-0.39, 0.29) is 6.04 Å². The van der Waals surface area contributed by atoms with Crippen LogP contribution in [-0.4, -0.2) is 37.7 Å². The van der Waals surface area contributed by atoms with Crippen LogP contribution in [0.2, 0.25) is 0 Å². The van der Waals surface area contributed by atoms with Crippen LogP contribution in [0.1, 0.15) is 26.2 Å². The van der Waals surface area contributed by atoms with Gasteiger partial charge in [0.1, 0.15) is 0 Å². The third-order valence-corrected chi connectivity index (χ3v) is 3.03. The molecular weight excluding hydrogens is 176 g/mol. The van der Waals surface area contributed by atoms with E-state index in [1.165, 1.54) is 12.8 Å². The molecule has 1 saturated heterocycles. The van der Waals surface area contributed by atoms with Gasteiger partial charge in [0.05, 0.1) is 12.1 Å². The second-order valence-electron chi connectivity index (χ2n) is 3.99. The van der Waals surface area contributed by atoms with Gasteiger partial charge < -0.3 is 4.74 Å². The first-order chi connectivity index (χ1) is 6.81. The Hall–Kier alpha value is -0.590. The normalized spacial score (nSPS) is 21.8. The molecule has 1 fully saturated rings. The average Bonchev–Trinajstić information content (AvgIpc) is 2.23. The lowest BCUT2D eigenvalue weighted by Gasteiger charge is -2.33. The van der Waals surface area contributed by atoms with Crippen LogP contribution in [0, 0.1) is 17.2 Å². The summed E-state index contributed by atoms with van der Waals surface area (Å²) in [6, 6.07) is 2.49. The summed E-state index contributed by atoms with van der Waals surface area (Å²) in [6.07, 6.45) is 3.28. The highest BCUT2D eigenvalue weighted by molar-refractivity contribution is 4.92. The summed E-state index contributed by atoms with van der Waals surface area (Å²) in [5.41, 5.74) is 0. The number of ether oxygens (including phenoxy) is 1. The van der Waals surface area contributed by atoms with Crippen molar-refractivity contribution in [3.63, 3.8) is 0 Å². The molecule has 1 aliphatic rings. The maximum Gasteiger partial charge on any atom is 0.0975 e. The molecule has 0 aliphatic carbocycles. The quantitative estimate of drug-likeness (QED) is 0.686. The summed E-state index contributed by atoms with van der Waals surface area (Å²) in [5.74, 6) is 0.701. The van der Waals surface area contributed by atoms with E-state index in [0.29, 0.717) is 5.92 Å². The molecule has 0 radical (unpaired) electrons. The van der Waals surface area contributed by atoms with Crippen LogP contribution in [0.4, 0.5) is 0 Å². The summed E-state index contributed by atoms with van der Waals surface area (Å²) in [7, 11) is 1.76. The van der Waals surface area contributed by atoms with Crippen molar-refractivity contribution in [2.75, 3.05) is 26.8 Å². The zero-order chi connectivity index (χ0) is 10.4. The van der Waals surface area contributed by atoms with Gasteiger partial charge in [-0.2, -0.15) is 5.26 Å². The van der Waals surface area contributed by atoms with Crippen molar-refractivity contribution in [1.82, 2.24) is 4.90 Å². The van der Waals surface area contributed by atoms with E-state index in [1.807, 2.05) is 0 Å². The van der Waals surface area contributed by atoms with E-state index in [4.69, 9.17) is 10.00 Å². The third kappa shape index (κ3) is 2.97. The smallest absolute Gasteiger partial charge is 0.0975 e. The Kier molecular flexibility index (Phi) is 4.92. The largest absolute Gasteiger partial charge is 0.384 e. The lowest BCUT2D eigenvalue weighted by molar-refractivity contribution is 0.0894. The van der Waals surface area contributed by atoms with E-state index >= 15 is 0 Å². The molecule has 0 amide bonds. The molecule has 1 unspecified atom stereocenters. The Morgan fingerprint density at radius 3 is 2.57 bits per heavy atom. The van der Waals surface area contributed by atoms with Crippen molar-refractivity contribution in [3.8, 4) is 6.07 Å². The molecule has 14 heavy (non-hydrogen) atoms. The summed E-state index contributed by atoms with van der Waals surface area (Å²) in [5, 5.41) is 8.93. The van der Waals surface area contributed by atoms with Crippen LogP contribution < -0.4 is 0 Å². The first-order valence-corrected chi connectivity index (χ1v) is 5.44. The molecule has 0 aromatic rings. The van der Waals surface area contributed by atoms with E-state index in [1.54, 1.807) is 7.11 Å². The summed E-state index contributed by atoms with van der Waals surface area (Å²) >= 11 is 0. The van der Waals surface area contributed by atoms with E-state index in [0.717, 1.165) is 26.1 Å². The van der Waals surface area contributed by atoms with Gasteiger partial charge in [-0.1, -0.05) is 6.92 Å². The van der Waals surface area contributed by atoms with Crippen molar-refractivity contribution >= 4 is 0 Å². The molecule has 0 saturated carbocycles. The van der Waals surface area contributed by atoms with Crippen molar-refractivity contribution in [1.29, 1.82) is 5.26 Å². The molecule has 1 aliphatic heterocycles. The molecule has 0 aromatic heterocycles. The topological polar surface area (TPSA) is 36.3 Å². The van der Waals surface area contributed by atoms with Crippen molar-refractivity contribution in [2.24, 2.45) is 5.92 Å². The first-order valence-electron chi connectivity index (χ1n) is 5.44. The molecule has 3 nitrogen and oxygen atoms in total. The number of hydrogen-bond acceptors (Lipinski definition) is 3. The number of methoxy groups -OCH3 is 1. The Balaban J connectivity index is 2.31. The van der Waals surface area contributed by atoms with E-state index in [2.05, 4.69) is 17.9 Å². The van der Waals surface area contributed by atoms with Gasteiger partial charge in [-0.3, -0.25) is 4.90 Å². The van der Waals surface area contributed by atoms with Gasteiger partial charge in [0, 0.05) is 13.7 Å². The molecule has 0 aromatic carbocycles. The van der Waals surface area contributed by atoms with Gasteiger partial charge in [0.15, 0.2) is 0 Å². The highest BCUT2D eigenvalue weighted by Gasteiger charge is 2.23. The Morgan fingerprint density at radius 1 is 1.50 bits per heavy atom. The number of nitrogens with zero attached hydrogens (tertiary/aromatic N) is 2. The fraction of sp³-hybridized carbons (Fsp3) is 0.909. The van der Waals surface area contributed by atoms with Crippen molar-refractivity contribution in [3.05, 3.63) is 0 Å². The van der Waals surface area contributed by atoms with Crippen molar-refractivity contribution < 1.29 is 4.74 Å². The molecule has 0 bridgehead atoms. The lowest BCUT2D eigenvalue weighted by atomic mass is 9.96. The van der Waals surface area contributed by atoms with Crippen LogP contribution in [0.15, 0.2) is 0 Å². The third-order valence-electron chi connectivity index (χ3n) is 3.03. The number of nitriles is 1. The van der Waals surface area contributed by atoms with Gasteiger partial charge in [0.25, 0.3) is 0 Å². The second kappa shape index (κ2) is 6.00. The predicted molar refractivity (Wildman–Crippen MR) is 55.9 cm³/mol. The van der Waals surface area contributed by atoms with E-state index < -0.39 is 0 Å². The van der Waals surface area contributed by atoms with Crippen LogP contribution in [0.25, 0.3) is 0 Å². The number of hydrogen-bond donors (Lipinski definition) is 0. The minimum Gasteiger partial charge on any atom is -0.384 e. The van der Waals surface area contributed by atoms with Crippen LogP contribution in [-0.2, 0) is 4.74 Å². The minimum atomic E-state index is 0.124. The summed E-state index contributed by atoms with van der Waals surface area (Å²) in [4.78, 5) is 2.30. The second-order valence-corrected chi connectivity index (χ2v) is 3.99. The molecule has 3 heteroatoms. The molecule has 0 spiro atoms. The lowest BCUT2D eigenvalue weighted by Crippen LogP contribution is -2.41. The number of rotatable bonds is 4. The molecule has 0 N–H and O–H groups in total. The average molecular weight is 196 g/mol. The Morgan fingerprint density at radius 2 is 2.14 bits per heavy atom. The highest BCUT2D eigenvalue weighted by Crippen LogP contribution is 2.19. The molecule has 1 atom stereocenters. The van der Waals surface area contributed by atoms with Gasteiger partial charge in [-0.05, 0) is 38.3 Å². The number of piperidine rings is 1. The van der Waals surface area contributed by atoms with Crippen LogP contribution >= 0.6 is 0 Å². The first kappa shape index (κ1) is 11.5. The van der Waals surface area contributed by atoms with Crippen LogP contribution in [0.5, 0.6) is 0 Å². The van der Waals surface area contributed by atoms with Crippen molar-refractivity contribution in [2.45, 2.75) is 32.2 Å². The fourth-order valence-electron chi connectivity index (χ4n) is 2.10.